The summed E-state index contributed by atoms with van der Waals surface area (Å²) in [4.78, 5) is 0. The number of benzene rings is 1. The van der Waals surface area contributed by atoms with Crippen molar-refractivity contribution in [3.63, 3.8) is 0 Å². The van der Waals surface area contributed by atoms with Crippen molar-refractivity contribution in [2.24, 2.45) is 0 Å². The third-order valence-corrected chi connectivity index (χ3v) is 2.20. The summed E-state index contributed by atoms with van der Waals surface area (Å²) in [7, 11) is 1.62. The number of allylic oxidation sites excluding steroid dienone is 2. The summed E-state index contributed by atoms with van der Waals surface area (Å²) in [6.45, 7) is 2.69. The van der Waals surface area contributed by atoms with Gasteiger partial charge in [0, 0.05) is 11.8 Å². The molecule has 0 atom stereocenters. The van der Waals surface area contributed by atoms with Crippen molar-refractivity contribution < 1.29 is 9.47 Å². The van der Waals surface area contributed by atoms with Crippen LogP contribution in [0.5, 0.6) is 11.5 Å². The Morgan fingerprint density at radius 3 is 2.81 bits per heavy atom. The van der Waals surface area contributed by atoms with Crippen LogP contribution in [0.25, 0.3) is 0 Å². The van der Waals surface area contributed by atoms with Crippen molar-refractivity contribution >= 4 is 5.69 Å². The minimum atomic E-state index is 0.671. The minimum Gasteiger partial charge on any atom is -0.493 e. The van der Waals surface area contributed by atoms with Crippen molar-refractivity contribution in [2.45, 2.75) is 19.8 Å². The van der Waals surface area contributed by atoms with Crippen LogP contribution < -0.4 is 15.2 Å². The molecule has 0 unspecified atom stereocenters. The number of rotatable bonds is 6. The summed E-state index contributed by atoms with van der Waals surface area (Å²) in [5.41, 5.74) is 6.37. The van der Waals surface area contributed by atoms with Gasteiger partial charge in [0.05, 0.1) is 13.7 Å². The van der Waals surface area contributed by atoms with Crippen molar-refractivity contribution in [1.82, 2.24) is 0 Å². The largest absolute Gasteiger partial charge is 0.493 e. The Morgan fingerprint density at radius 2 is 2.12 bits per heavy atom. The number of anilines is 1. The molecule has 2 N–H and O–H groups in total. The van der Waals surface area contributed by atoms with Gasteiger partial charge in [-0.25, -0.2) is 0 Å². The number of nitrogen functional groups attached to an aromatic ring is 1. The number of methoxy groups -OCH3 is 1. The average Bonchev–Trinajstić information content (AvgIpc) is 2.29. The highest BCUT2D eigenvalue weighted by Crippen LogP contribution is 2.29. The molecule has 3 heteroatoms. The molecule has 0 spiro atoms. The number of hydrogen-bond acceptors (Lipinski definition) is 3. The minimum absolute atomic E-state index is 0.671. The molecule has 0 saturated carbocycles. The average molecular weight is 221 g/mol. The number of ether oxygens (including phenoxy) is 2. The van der Waals surface area contributed by atoms with Crippen LogP contribution in [0, 0.1) is 0 Å². The normalized spacial score (nSPS) is 10.6. The Balaban J connectivity index is 2.48. The SMILES string of the molecule is C/C=C\CCCOc1cc(N)ccc1OC. The van der Waals surface area contributed by atoms with E-state index in [0.717, 1.165) is 18.6 Å². The molecule has 0 amide bonds. The van der Waals surface area contributed by atoms with Crippen LogP contribution in [0.15, 0.2) is 30.4 Å². The molecule has 1 aromatic rings. The highest BCUT2D eigenvalue weighted by Gasteiger charge is 2.03. The fourth-order valence-corrected chi connectivity index (χ4v) is 1.36. The van der Waals surface area contributed by atoms with Gasteiger partial charge in [-0.3, -0.25) is 0 Å². The molecule has 3 nitrogen and oxygen atoms in total. The molecule has 0 saturated heterocycles. The molecular weight excluding hydrogens is 202 g/mol. The molecule has 16 heavy (non-hydrogen) atoms. The van der Waals surface area contributed by atoms with Crippen LogP contribution in [0.4, 0.5) is 5.69 Å². The Hall–Kier alpha value is -1.64. The highest BCUT2D eigenvalue weighted by molar-refractivity contribution is 5.51. The fraction of sp³-hybridized carbons (Fsp3) is 0.385. The van der Waals surface area contributed by atoms with Gasteiger partial charge in [-0.15, -0.1) is 0 Å². The first-order chi connectivity index (χ1) is 7.77. The summed E-state index contributed by atoms with van der Waals surface area (Å²) in [5, 5.41) is 0. The quantitative estimate of drug-likeness (QED) is 0.456. The van der Waals surface area contributed by atoms with Crippen LogP contribution >= 0.6 is 0 Å². The first kappa shape index (κ1) is 12.4. The standard InChI is InChI=1S/C13H19NO2/c1-3-4-5-6-9-16-13-10-11(14)7-8-12(13)15-2/h3-4,7-8,10H,5-6,9,14H2,1-2H3/b4-3-. The molecule has 1 aromatic carbocycles. The zero-order chi connectivity index (χ0) is 11.8. The Kier molecular flexibility index (Phi) is 5.26. The van der Waals surface area contributed by atoms with E-state index in [-0.39, 0.29) is 0 Å². The van der Waals surface area contributed by atoms with Crippen LogP contribution in [-0.4, -0.2) is 13.7 Å². The van der Waals surface area contributed by atoms with Crippen molar-refractivity contribution in [3.05, 3.63) is 30.4 Å². The van der Waals surface area contributed by atoms with E-state index in [1.165, 1.54) is 0 Å². The zero-order valence-electron chi connectivity index (χ0n) is 9.90. The van der Waals surface area contributed by atoms with Gasteiger partial charge in [-0.1, -0.05) is 12.2 Å². The van der Waals surface area contributed by atoms with Crippen LogP contribution in [0.3, 0.4) is 0 Å². The van der Waals surface area contributed by atoms with E-state index < -0.39 is 0 Å². The van der Waals surface area contributed by atoms with E-state index >= 15 is 0 Å². The number of nitrogens with two attached hydrogens (primary N) is 1. The van der Waals surface area contributed by atoms with E-state index in [1.807, 2.05) is 19.1 Å². The highest BCUT2D eigenvalue weighted by atomic mass is 16.5. The molecule has 0 radical (unpaired) electrons. The predicted molar refractivity (Wildman–Crippen MR) is 66.9 cm³/mol. The van der Waals surface area contributed by atoms with Gasteiger partial charge in [-0.2, -0.15) is 0 Å². The van der Waals surface area contributed by atoms with Gasteiger partial charge in [-0.05, 0) is 31.9 Å². The van der Waals surface area contributed by atoms with E-state index in [4.69, 9.17) is 15.2 Å². The number of hydrogen-bond donors (Lipinski definition) is 1. The van der Waals surface area contributed by atoms with Crippen LogP contribution in [0.2, 0.25) is 0 Å². The lowest BCUT2D eigenvalue weighted by Gasteiger charge is -2.10. The monoisotopic (exact) mass is 221 g/mol. The molecule has 0 aliphatic heterocycles. The molecular formula is C13H19NO2. The lowest BCUT2D eigenvalue weighted by molar-refractivity contribution is 0.290. The summed E-state index contributed by atoms with van der Waals surface area (Å²) >= 11 is 0. The predicted octanol–water partition coefficient (Wildman–Crippen LogP) is 3.01. The molecule has 0 fully saturated rings. The molecule has 1 rings (SSSR count). The van der Waals surface area contributed by atoms with E-state index in [2.05, 4.69) is 6.08 Å². The summed E-state index contributed by atoms with van der Waals surface area (Å²) in [6.07, 6.45) is 6.18. The molecule has 88 valence electrons. The van der Waals surface area contributed by atoms with E-state index in [9.17, 15) is 0 Å². The molecule has 0 bridgehead atoms. The van der Waals surface area contributed by atoms with Crippen molar-refractivity contribution in [2.75, 3.05) is 19.5 Å². The maximum atomic E-state index is 5.69. The number of unbranched alkanes of at least 4 members (excludes halogenated alkanes) is 1. The third kappa shape index (κ3) is 3.85. The fourth-order valence-electron chi connectivity index (χ4n) is 1.36. The lowest BCUT2D eigenvalue weighted by Crippen LogP contribution is -1.99. The van der Waals surface area contributed by atoms with Gasteiger partial charge in [0.15, 0.2) is 11.5 Å². The Labute approximate surface area is 96.9 Å². The maximum Gasteiger partial charge on any atom is 0.163 e. The second kappa shape index (κ2) is 6.77. The second-order valence-electron chi connectivity index (χ2n) is 3.47. The van der Waals surface area contributed by atoms with Crippen LogP contribution in [-0.2, 0) is 0 Å². The topological polar surface area (TPSA) is 44.5 Å². The molecule has 0 aliphatic carbocycles. The van der Waals surface area contributed by atoms with Gasteiger partial charge in [0.25, 0.3) is 0 Å². The van der Waals surface area contributed by atoms with E-state index in [0.29, 0.717) is 18.0 Å². The Bertz CT molecular complexity index is 348. The zero-order valence-corrected chi connectivity index (χ0v) is 9.90. The first-order valence-electron chi connectivity index (χ1n) is 5.45. The van der Waals surface area contributed by atoms with Gasteiger partial charge in [0.2, 0.25) is 0 Å². The Morgan fingerprint density at radius 1 is 1.31 bits per heavy atom. The van der Waals surface area contributed by atoms with E-state index in [1.54, 1.807) is 19.2 Å². The summed E-state index contributed by atoms with van der Waals surface area (Å²) in [5.74, 6) is 1.43. The molecule has 0 heterocycles. The second-order valence-corrected chi connectivity index (χ2v) is 3.47. The summed E-state index contributed by atoms with van der Waals surface area (Å²) in [6, 6.07) is 5.40. The summed E-state index contributed by atoms with van der Waals surface area (Å²) < 4.78 is 10.8. The first-order valence-corrected chi connectivity index (χ1v) is 5.45. The third-order valence-electron chi connectivity index (χ3n) is 2.20. The molecule has 0 aliphatic rings. The smallest absolute Gasteiger partial charge is 0.163 e. The lowest BCUT2D eigenvalue weighted by atomic mass is 10.2. The van der Waals surface area contributed by atoms with Gasteiger partial charge >= 0.3 is 0 Å². The van der Waals surface area contributed by atoms with Crippen molar-refractivity contribution in [1.29, 1.82) is 0 Å². The van der Waals surface area contributed by atoms with Gasteiger partial charge in [0.1, 0.15) is 0 Å². The maximum absolute atomic E-state index is 5.69. The van der Waals surface area contributed by atoms with Crippen LogP contribution in [0.1, 0.15) is 19.8 Å². The van der Waals surface area contributed by atoms with Gasteiger partial charge < -0.3 is 15.2 Å². The molecule has 0 aromatic heterocycles. The van der Waals surface area contributed by atoms with Crippen molar-refractivity contribution in [3.8, 4) is 11.5 Å².